The van der Waals surface area contributed by atoms with Crippen LogP contribution in [0.1, 0.15) is 29.7 Å². The summed E-state index contributed by atoms with van der Waals surface area (Å²) in [5.41, 5.74) is 3.86. The Morgan fingerprint density at radius 2 is 1.84 bits per heavy atom. The van der Waals surface area contributed by atoms with Gasteiger partial charge in [0.2, 0.25) is 10.0 Å². The van der Waals surface area contributed by atoms with Crippen LogP contribution in [0.25, 0.3) is 10.2 Å². The predicted molar refractivity (Wildman–Crippen MR) is 102 cm³/mol. The molecule has 0 amide bonds. The lowest BCUT2D eigenvalue weighted by Crippen LogP contribution is -2.27. The summed E-state index contributed by atoms with van der Waals surface area (Å²) in [5.74, 6) is 0. The molecule has 0 aliphatic rings. The lowest BCUT2D eigenvalue weighted by atomic mass is 10.0. The molecule has 0 radical (unpaired) electrons. The summed E-state index contributed by atoms with van der Waals surface area (Å²) < 4.78 is 30.4. The second-order valence-electron chi connectivity index (χ2n) is 6.26. The number of thiazole rings is 1. The number of benzene rings is 2. The minimum Gasteiger partial charge on any atom is -0.302 e. The summed E-state index contributed by atoms with van der Waals surface area (Å²) in [5, 5.41) is 0. The molecule has 1 N–H and O–H groups in total. The van der Waals surface area contributed by atoms with Gasteiger partial charge in [-0.15, -0.1) is 0 Å². The number of aromatic nitrogens is 1. The number of sulfonamides is 1. The van der Waals surface area contributed by atoms with Crippen LogP contribution in [0.3, 0.4) is 0 Å². The third-order valence-corrected chi connectivity index (χ3v) is 6.83. The molecule has 0 fully saturated rings. The number of rotatable bonds is 4. The molecule has 132 valence electrons. The normalized spacial score (nSPS) is 13.3. The second kappa shape index (κ2) is 6.40. The van der Waals surface area contributed by atoms with Crippen LogP contribution < -0.4 is 9.60 Å². The van der Waals surface area contributed by atoms with Crippen molar-refractivity contribution in [1.29, 1.82) is 0 Å². The Morgan fingerprint density at radius 1 is 1.12 bits per heavy atom. The van der Waals surface area contributed by atoms with Crippen molar-refractivity contribution in [1.82, 2.24) is 9.29 Å². The van der Waals surface area contributed by atoms with Crippen molar-refractivity contribution >= 4 is 31.6 Å². The van der Waals surface area contributed by atoms with E-state index in [1.807, 2.05) is 39.0 Å². The average molecular weight is 377 g/mol. The Balaban J connectivity index is 1.94. The van der Waals surface area contributed by atoms with E-state index in [1.54, 1.807) is 19.2 Å². The molecule has 3 rings (SSSR count). The van der Waals surface area contributed by atoms with Gasteiger partial charge in [0.15, 0.2) is 0 Å². The maximum Gasteiger partial charge on any atom is 0.307 e. The highest BCUT2D eigenvalue weighted by Crippen LogP contribution is 2.24. The van der Waals surface area contributed by atoms with Gasteiger partial charge in [-0.3, -0.25) is 4.79 Å². The van der Waals surface area contributed by atoms with Crippen LogP contribution in [-0.4, -0.2) is 13.0 Å². The van der Waals surface area contributed by atoms with Gasteiger partial charge in [0.25, 0.3) is 0 Å². The number of nitrogens with one attached hydrogen (secondary N) is 1. The maximum absolute atomic E-state index is 12.7. The van der Waals surface area contributed by atoms with Crippen LogP contribution in [-0.2, 0) is 17.1 Å². The van der Waals surface area contributed by atoms with E-state index >= 15 is 0 Å². The van der Waals surface area contributed by atoms with Crippen LogP contribution in [0.15, 0.2) is 46.1 Å². The number of aryl methyl sites for hydroxylation is 3. The SMILES string of the molecule is Cc1ccc([C@@H](C)NS(=O)(=O)c2ccc3c(c2)sc(=O)n3C)c(C)c1. The summed E-state index contributed by atoms with van der Waals surface area (Å²) >= 11 is 1.04. The van der Waals surface area contributed by atoms with Crippen molar-refractivity contribution in [2.75, 3.05) is 0 Å². The van der Waals surface area contributed by atoms with Gasteiger partial charge in [-0.25, -0.2) is 13.1 Å². The van der Waals surface area contributed by atoms with Crippen molar-refractivity contribution in [3.63, 3.8) is 0 Å². The molecule has 0 saturated carbocycles. The van der Waals surface area contributed by atoms with Crippen LogP contribution in [0.2, 0.25) is 0 Å². The standard InChI is InChI=1S/C18H20N2O3S2/c1-11-5-7-15(12(2)9-11)13(3)19-25(22,23)14-6-8-16-17(10-14)24-18(21)20(16)4/h5-10,13,19H,1-4H3/t13-/m1/s1. The lowest BCUT2D eigenvalue weighted by Gasteiger charge is -2.17. The van der Waals surface area contributed by atoms with Crippen LogP contribution in [0.4, 0.5) is 0 Å². The molecule has 0 aliphatic heterocycles. The first-order valence-corrected chi connectivity index (χ1v) is 10.2. The van der Waals surface area contributed by atoms with E-state index < -0.39 is 10.0 Å². The molecule has 25 heavy (non-hydrogen) atoms. The van der Waals surface area contributed by atoms with Gasteiger partial charge in [0.05, 0.1) is 15.1 Å². The van der Waals surface area contributed by atoms with E-state index in [1.165, 1.54) is 10.6 Å². The number of hydrogen-bond donors (Lipinski definition) is 1. The van der Waals surface area contributed by atoms with Gasteiger partial charge in [0, 0.05) is 13.1 Å². The molecule has 0 spiro atoms. The number of hydrogen-bond acceptors (Lipinski definition) is 4. The molecule has 5 nitrogen and oxygen atoms in total. The predicted octanol–water partition coefficient (Wildman–Crippen LogP) is 3.26. The van der Waals surface area contributed by atoms with Gasteiger partial charge in [0.1, 0.15) is 0 Å². The third-order valence-electron chi connectivity index (χ3n) is 4.30. The van der Waals surface area contributed by atoms with Gasteiger partial charge in [-0.05, 0) is 50.1 Å². The van der Waals surface area contributed by atoms with Crippen LogP contribution >= 0.6 is 11.3 Å². The summed E-state index contributed by atoms with van der Waals surface area (Å²) in [6.45, 7) is 5.81. The molecule has 2 aromatic carbocycles. The highest BCUT2D eigenvalue weighted by molar-refractivity contribution is 7.89. The van der Waals surface area contributed by atoms with Crippen LogP contribution in [0, 0.1) is 13.8 Å². The largest absolute Gasteiger partial charge is 0.307 e. The summed E-state index contributed by atoms with van der Waals surface area (Å²) in [6, 6.07) is 10.4. The minimum atomic E-state index is -3.68. The van der Waals surface area contributed by atoms with Gasteiger partial charge < -0.3 is 4.57 Å². The topological polar surface area (TPSA) is 68.2 Å². The van der Waals surface area contributed by atoms with E-state index in [0.717, 1.165) is 33.5 Å². The van der Waals surface area contributed by atoms with E-state index in [9.17, 15) is 13.2 Å². The summed E-state index contributed by atoms with van der Waals surface area (Å²) in [7, 11) is -2.01. The Bertz CT molecular complexity index is 1110. The Morgan fingerprint density at radius 3 is 2.52 bits per heavy atom. The highest BCUT2D eigenvalue weighted by Gasteiger charge is 2.20. The van der Waals surface area contributed by atoms with E-state index in [4.69, 9.17) is 0 Å². The monoisotopic (exact) mass is 376 g/mol. The fourth-order valence-corrected chi connectivity index (χ4v) is 5.20. The van der Waals surface area contributed by atoms with E-state index in [0.29, 0.717) is 4.70 Å². The number of fused-ring (bicyclic) bond motifs is 1. The third kappa shape index (κ3) is 3.40. The zero-order valence-electron chi connectivity index (χ0n) is 14.5. The van der Waals surface area contributed by atoms with Crippen molar-refractivity contribution < 1.29 is 8.42 Å². The molecular formula is C18H20N2O3S2. The first kappa shape index (κ1) is 17.8. The van der Waals surface area contributed by atoms with Crippen molar-refractivity contribution in [3.8, 4) is 0 Å². The first-order chi connectivity index (χ1) is 11.7. The molecule has 3 aromatic rings. The molecule has 0 bridgehead atoms. The maximum atomic E-state index is 12.7. The Kier molecular flexibility index (Phi) is 4.57. The lowest BCUT2D eigenvalue weighted by molar-refractivity contribution is 0.566. The van der Waals surface area contributed by atoms with Crippen molar-refractivity contribution in [3.05, 3.63) is 62.8 Å². The minimum absolute atomic E-state index is 0.110. The van der Waals surface area contributed by atoms with Gasteiger partial charge >= 0.3 is 4.87 Å². The Hall–Kier alpha value is -1.96. The summed E-state index contributed by atoms with van der Waals surface area (Å²) in [4.78, 5) is 11.8. The summed E-state index contributed by atoms with van der Waals surface area (Å²) in [6.07, 6.45) is 0. The fourth-order valence-electron chi connectivity index (χ4n) is 2.96. The van der Waals surface area contributed by atoms with Crippen molar-refractivity contribution in [2.45, 2.75) is 31.7 Å². The smallest absolute Gasteiger partial charge is 0.302 e. The number of nitrogens with zero attached hydrogens (tertiary/aromatic N) is 1. The molecule has 0 saturated heterocycles. The second-order valence-corrected chi connectivity index (χ2v) is 8.97. The van der Waals surface area contributed by atoms with E-state index in [-0.39, 0.29) is 15.8 Å². The zero-order chi connectivity index (χ0) is 18.4. The highest BCUT2D eigenvalue weighted by atomic mass is 32.2. The quantitative estimate of drug-likeness (QED) is 0.760. The van der Waals surface area contributed by atoms with E-state index in [2.05, 4.69) is 4.72 Å². The zero-order valence-corrected chi connectivity index (χ0v) is 16.2. The first-order valence-electron chi connectivity index (χ1n) is 7.88. The molecular weight excluding hydrogens is 356 g/mol. The fraction of sp³-hybridized carbons (Fsp3) is 0.278. The molecule has 0 aliphatic carbocycles. The molecule has 7 heteroatoms. The van der Waals surface area contributed by atoms with Gasteiger partial charge in [-0.1, -0.05) is 35.1 Å². The molecule has 1 heterocycles. The molecule has 1 atom stereocenters. The van der Waals surface area contributed by atoms with Crippen LogP contribution in [0.5, 0.6) is 0 Å². The Labute approximate surface area is 151 Å². The van der Waals surface area contributed by atoms with Gasteiger partial charge in [-0.2, -0.15) is 0 Å². The van der Waals surface area contributed by atoms with Crippen molar-refractivity contribution in [2.24, 2.45) is 7.05 Å². The molecule has 0 unspecified atom stereocenters. The average Bonchev–Trinajstić information content (AvgIpc) is 2.81. The molecule has 1 aromatic heterocycles.